The van der Waals surface area contributed by atoms with Gasteiger partial charge in [-0.3, -0.25) is 13.7 Å². The summed E-state index contributed by atoms with van der Waals surface area (Å²) in [6, 6.07) is 0. The molecule has 0 aliphatic carbocycles. The molecule has 0 aromatic carbocycles. The molecule has 0 saturated heterocycles. The van der Waals surface area contributed by atoms with Gasteiger partial charge >= 0.3 is 22.8 Å². The fourth-order valence-corrected chi connectivity index (χ4v) is 5.60. The Bertz CT molecular complexity index is 296. The second kappa shape index (κ2) is 4.58. The molecule has 0 heterocycles. The van der Waals surface area contributed by atoms with E-state index in [4.69, 9.17) is 9.79 Å². The average Bonchev–Trinajstić information content (AvgIpc) is 1.78. The Morgan fingerprint density at radius 1 is 1.00 bits per heavy atom. The molecule has 0 fully saturated rings. The molecule has 86 valence electrons. The van der Waals surface area contributed by atoms with Gasteiger partial charge in [-0.1, -0.05) is 6.92 Å². The molecule has 2 N–H and O–H groups in total. The van der Waals surface area contributed by atoms with Crippen LogP contribution in [0.3, 0.4) is 0 Å². The van der Waals surface area contributed by atoms with Crippen molar-refractivity contribution >= 4 is 22.8 Å². The minimum Gasteiger partial charge on any atom is -0.324 e. The van der Waals surface area contributed by atoms with E-state index in [1.807, 2.05) is 0 Å². The second-order valence-electron chi connectivity index (χ2n) is 2.70. The highest BCUT2D eigenvalue weighted by molar-refractivity contribution is 7.71. The lowest BCUT2D eigenvalue weighted by Gasteiger charge is -2.19. The van der Waals surface area contributed by atoms with Crippen LogP contribution in [-0.2, 0) is 22.3 Å². The first kappa shape index (κ1) is 14.5. The summed E-state index contributed by atoms with van der Waals surface area (Å²) < 4.78 is 41.6. The molecule has 0 aliphatic rings. The van der Waals surface area contributed by atoms with Crippen LogP contribution < -0.4 is 0 Å². The van der Waals surface area contributed by atoms with Crippen LogP contribution in [0.4, 0.5) is 0 Å². The highest BCUT2D eigenvalue weighted by atomic mass is 31.3. The predicted molar refractivity (Wildman–Crippen MR) is 51.8 cm³/mol. The summed E-state index contributed by atoms with van der Waals surface area (Å²) in [5.41, 5.74) is 0. The van der Waals surface area contributed by atoms with Crippen molar-refractivity contribution in [3.63, 3.8) is 0 Å². The van der Waals surface area contributed by atoms with Crippen molar-refractivity contribution in [1.82, 2.24) is 0 Å². The molecule has 2 unspecified atom stereocenters. The van der Waals surface area contributed by atoms with Crippen LogP contribution in [0.5, 0.6) is 0 Å². The summed E-state index contributed by atoms with van der Waals surface area (Å²) in [6.07, 6.45) is -0.260. The van der Waals surface area contributed by atoms with Gasteiger partial charge in [0.2, 0.25) is 0 Å². The standard InChI is InChI=1S/C4H13O7P3/c1-4-14(9,10-12(2,5)6)11-13(3,7)8/h4H2,1-3H3,(H,5,6)(H,7,8). The van der Waals surface area contributed by atoms with Gasteiger partial charge in [-0.2, -0.15) is 0 Å². The summed E-state index contributed by atoms with van der Waals surface area (Å²) in [5.74, 6) is 0. The lowest BCUT2D eigenvalue weighted by Crippen LogP contribution is -1.95. The molecular weight excluding hydrogens is 253 g/mol. The van der Waals surface area contributed by atoms with E-state index >= 15 is 0 Å². The largest absolute Gasteiger partial charge is 0.344 e. The summed E-state index contributed by atoms with van der Waals surface area (Å²) in [6.45, 7) is 2.99. The highest BCUT2D eigenvalue weighted by Crippen LogP contribution is 2.67. The van der Waals surface area contributed by atoms with E-state index in [-0.39, 0.29) is 6.16 Å². The lowest BCUT2D eigenvalue weighted by molar-refractivity contribution is 0.321. The molecule has 0 saturated carbocycles. The van der Waals surface area contributed by atoms with Crippen molar-refractivity contribution in [3.8, 4) is 0 Å². The van der Waals surface area contributed by atoms with Gasteiger partial charge in [-0.15, -0.1) is 0 Å². The van der Waals surface area contributed by atoms with Gasteiger partial charge in [-0.05, 0) is 0 Å². The Balaban J connectivity index is 4.76. The molecule has 14 heavy (non-hydrogen) atoms. The van der Waals surface area contributed by atoms with Crippen LogP contribution in [0.2, 0.25) is 0 Å². The lowest BCUT2D eigenvalue weighted by atomic mass is 11.0. The SMILES string of the molecule is CCP(=O)(OP(C)(=O)O)OP(C)(=O)O. The molecule has 0 amide bonds. The van der Waals surface area contributed by atoms with Crippen molar-refractivity contribution in [1.29, 1.82) is 0 Å². The number of hydrogen-bond donors (Lipinski definition) is 2. The van der Waals surface area contributed by atoms with Crippen LogP contribution in [0.25, 0.3) is 0 Å². The number of hydrogen-bond acceptors (Lipinski definition) is 5. The first-order chi connectivity index (χ1) is 5.97. The smallest absolute Gasteiger partial charge is 0.324 e. The van der Waals surface area contributed by atoms with Crippen molar-refractivity contribution in [2.24, 2.45) is 0 Å². The maximum Gasteiger partial charge on any atom is 0.344 e. The van der Waals surface area contributed by atoms with E-state index in [1.54, 1.807) is 0 Å². The van der Waals surface area contributed by atoms with Gasteiger partial charge < -0.3 is 9.79 Å². The molecule has 0 rings (SSSR count). The van der Waals surface area contributed by atoms with Crippen LogP contribution in [0, 0.1) is 0 Å². The molecule has 0 aliphatic heterocycles. The van der Waals surface area contributed by atoms with Crippen molar-refractivity contribution in [2.75, 3.05) is 19.5 Å². The zero-order chi connectivity index (χ0) is 11.6. The molecule has 2 atom stereocenters. The third-order valence-corrected chi connectivity index (χ3v) is 6.13. The van der Waals surface area contributed by atoms with Crippen molar-refractivity contribution in [3.05, 3.63) is 0 Å². The van der Waals surface area contributed by atoms with Gasteiger partial charge in [0.15, 0.2) is 0 Å². The van der Waals surface area contributed by atoms with Crippen LogP contribution in [0.1, 0.15) is 6.92 Å². The quantitative estimate of drug-likeness (QED) is 0.730. The van der Waals surface area contributed by atoms with E-state index in [0.29, 0.717) is 0 Å². The summed E-state index contributed by atoms with van der Waals surface area (Å²) in [5, 5.41) is 0. The monoisotopic (exact) mass is 266 g/mol. The van der Waals surface area contributed by atoms with Gasteiger partial charge in [0, 0.05) is 19.5 Å². The summed E-state index contributed by atoms with van der Waals surface area (Å²) in [4.78, 5) is 17.6. The Morgan fingerprint density at radius 3 is 1.43 bits per heavy atom. The Kier molecular flexibility index (Phi) is 4.76. The fourth-order valence-electron chi connectivity index (χ4n) is 0.592. The topological polar surface area (TPSA) is 110 Å². The molecule has 0 radical (unpaired) electrons. The molecule has 10 heteroatoms. The molecule has 0 aromatic heterocycles. The van der Waals surface area contributed by atoms with Gasteiger partial charge in [-0.25, -0.2) is 8.62 Å². The molecule has 0 spiro atoms. The van der Waals surface area contributed by atoms with E-state index in [0.717, 1.165) is 13.3 Å². The fraction of sp³-hybridized carbons (Fsp3) is 1.00. The third-order valence-electron chi connectivity index (χ3n) is 0.939. The minimum absolute atomic E-state index is 0.260. The zero-order valence-electron chi connectivity index (χ0n) is 7.98. The maximum absolute atomic E-state index is 11.5. The zero-order valence-corrected chi connectivity index (χ0v) is 10.7. The Morgan fingerprint density at radius 2 is 1.29 bits per heavy atom. The van der Waals surface area contributed by atoms with Gasteiger partial charge in [0.1, 0.15) is 0 Å². The summed E-state index contributed by atoms with van der Waals surface area (Å²) >= 11 is 0. The summed E-state index contributed by atoms with van der Waals surface area (Å²) in [7, 11) is -12.0. The third kappa shape index (κ3) is 6.91. The van der Waals surface area contributed by atoms with Crippen LogP contribution >= 0.6 is 22.8 Å². The first-order valence-corrected chi connectivity index (χ1v) is 9.37. The number of rotatable bonds is 5. The second-order valence-corrected chi connectivity index (χ2v) is 9.07. The normalized spacial score (nSPS) is 24.6. The van der Waals surface area contributed by atoms with E-state index in [2.05, 4.69) is 8.62 Å². The van der Waals surface area contributed by atoms with E-state index in [1.165, 1.54) is 6.92 Å². The molecular formula is C4H13O7P3. The van der Waals surface area contributed by atoms with Crippen LogP contribution in [-0.4, -0.2) is 29.3 Å². The molecule has 0 bridgehead atoms. The Labute approximate surface area is 82.0 Å². The van der Waals surface area contributed by atoms with E-state index in [9.17, 15) is 13.7 Å². The Hall–Kier alpha value is 0.530. The van der Waals surface area contributed by atoms with Crippen LogP contribution in [0.15, 0.2) is 0 Å². The van der Waals surface area contributed by atoms with Crippen molar-refractivity contribution < 1.29 is 32.1 Å². The van der Waals surface area contributed by atoms with Gasteiger partial charge in [0.25, 0.3) is 0 Å². The predicted octanol–water partition coefficient (Wildman–Crippen LogP) is 1.86. The first-order valence-electron chi connectivity index (χ1n) is 3.60. The van der Waals surface area contributed by atoms with Crippen molar-refractivity contribution in [2.45, 2.75) is 6.92 Å². The highest BCUT2D eigenvalue weighted by Gasteiger charge is 2.35. The minimum atomic E-state index is -4.01. The maximum atomic E-state index is 11.5. The van der Waals surface area contributed by atoms with Gasteiger partial charge in [0.05, 0.1) is 0 Å². The van der Waals surface area contributed by atoms with E-state index < -0.39 is 22.8 Å². The molecule has 7 nitrogen and oxygen atoms in total. The average molecular weight is 266 g/mol. The molecule has 0 aromatic rings.